The Balaban J connectivity index is 2.29. The van der Waals surface area contributed by atoms with Gasteiger partial charge < -0.3 is 10.9 Å². The fourth-order valence-electron chi connectivity index (χ4n) is 1.62. The first-order chi connectivity index (χ1) is 9.41. The van der Waals surface area contributed by atoms with E-state index in [2.05, 4.69) is 15.2 Å². The molecule has 0 spiro atoms. The van der Waals surface area contributed by atoms with Gasteiger partial charge >= 0.3 is 6.18 Å². The van der Waals surface area contributed by atoms with Crippen molar-refractivity contribution in [2.75, 3.05) is 0 Å². The SMILES string of the molecule is NC(=NO)c1ncccc1Cn1ccc(C(F)(F)F)n1. The highest BCUT2D eigenvalue weighted by Crippen LogP contribution is 2.27. The average Bonchev–Trinajstić information content (AvgIpc) is 2.87. The summed E-state index contributed by atoms with van der Waals surface area (Å²) < 4.78 is 38.4. The summed E-state index contributed by atoms with van der Waals surface area (Å²) in [6, 6.07) is 4.08. The van der Waals surface area contributed by atoms with Crippen molar-refractivity contribution in [2.45, 2.75) is 12.7 Å². The van der Waals surface area contributed by atoms with Crippen LogP contribution in [0, 0.1) is 0 Å². The molecule has 0 saturated carbocycles. The van der Waals surface area contributed by atoms with E-state index in [0.29, 0.717) is 5.56 Å². The van der Waals surface area contributed by atoms with Gasteiger partial charge in [-0.15, -0.1) is 0 Å². The van der Waals surface area contributed by atoms with E-state index in [0.717, 1.165) is 10.7 Å². The molecule has 2 heterocycles. The third-order valence-electron chi connectivity index (χ3n) is 2.51. The largest absolute Gasteiger partial charge is 0.435 e. The van der Waals surface area contributed by atoms with Crippen molar-refractivity contribution in [2.24, 2.45) is 10.9 Å². The molecule has 2 rings (SSSR count). The number of halogens is 3. The third-order valence-corrected chi connectivity index (χ3v) is 2.51. The zero-order valence-electron chi connectivity index (χ0n) is 10.0. The summed E-state index contributed by atoms with van der Waals surface area (Å²) in [5.41, 5.74) is 5.15. The van der Waals surface area contributed by atoms with Crippen LogP contribution in [0.15, 0.2) is 35.7 Å². The number of hydrogen-bond acceptors (Lipinski definition) is 4. The van der Waals surface area contributed by atoms with E-state index in [1.807, 2.05) is 0 Å². The van der Waals surface area contributed by atoms with Crippen LogP contribution in [0.1, 0.15) is 17.0 Å². The lowest BCUT2D eigenvalue weighted by Gasteiger charge is -2.07. The van der Waals surface area contributed by atoms with Crippen molar-refractivity contribution in [3.63, 3.8) is 0 Å². The number of amidine groups is 1. The van der Waals surface area contributed by atoms with E-state index < -0.39 is 11.9 Å². The van der Waals surface area contributed by atoms with Gasteiger partial charge in [0.05, 0.1) is 6.54 Å². The van der Waals surface area contributed by atoms with Crippen LogP contribution in [-0.4, -0.2) is 25.8 Å². The highest BCUT2D eigenvalue weighted by Gasteiger charge is 2.33. The molecule has 2 aromatic rings. The van der Waals surface area contributed by atoms with Crippen molar-refractivity contribution < 1.29 is 18.4 Å². The molecule has 20 heavy (non-hydrogen) atoms. The van der Waals surface area contributed by atoms with Crippen molar-refractivity contribution in [3.05, 3.63) is 47.5 Å². The van der Waals surface area contributed by atoms with Gasteiger partial charge in [0.2, 0.25) is 0 Å². The Hall–Kier alpha value is -2.58. The van der Waals surface area contributed by atoms with E-state index in [-0.39, 0.29) is 18.1 Å². The van der Waals surface area contributed by atoms with E-state index in [1.165, 1.54) is 12.4 Å². The second-order valence-corrected chi connectivity index (χ2v) is 3.89. The normalized spacial score (nSPS) is 12.7. The molecular formula is C11H10F3N5O. The minimum absolute atomic E-state index is 0.0233. The molecule has 0 amide bonds. The number of pyridine rings is 1. The smallest absolute Gasteiger partial charge is 0.409 e. The minimum atomic E-state index is -4.49. The van der Waals surface area contributed by atoms with Crippen LogP contribution in [0.25, 0.3) is 0 Å². The lowest BCUT2D eigenvalue weighted by Crippen LogP contribution is -2.19. The first-order valence-corrected chi connectivity index (χ1v) is 5.44. The maximum atomic E-state index is 12.4. The molecule has 0 radical (unpaired) electrons. The van der Waals surface area contributed by atoms with Crippen molar-refractivity contribution >= 4 is 5.84 Å². The topological polar surface area (TPSA) is 89.3 Å². The molecule has 0 aliphatic carbocycles. The third kappa shape index (κ3) is 2.87. The Labute approximate surface area is 111 Å². The monoisotopic (exact) mass is 285 g/mol. The van der Waals surface area contributed by atoms with E-state index in [9.17, 15) is 13.2 Å². The minimum Gasteiger partial charge on any atom is -0.409 e. The Morgan fingerprint density at radius 1 is 1.40 bits per heavy atom. The molecule has 0 aromatic carbocycles. The van der Waals surface area contributed by atoms with E-state index >= 15 is 0 Å². The van der Waals surface area contributed by atoms with E-state index in [4.69, 9.17) is 10.9 Å². The van der Waals surface area contributed by atoms with Gasteiger partial charge in [-0.2, -0.15) is 18.3 Å². The van der Waals surface area contributed by atoms with Gasteiger partial charge in [-0.3, -0.25) is 9.67 Å². The molecule has 6 nitrogen and oxygen atoms in total. The molecular weight excluding hydrogens is 275 g/mol. The van der Waals surface area contributed by atoms with Crippen LogP contribution in [-0.2, 0) is 12.7 Å². The van der Waals surface area contributed by atoms with Gasteiger partial charge in [-0.1, -0.05) is 11.2 Å². The molecule has 0 bridgehead atoms. The van der Waals surface area contributed by atoms with Gasteiger partial charge in [-0.25, -0.2) is 0 Å². The van der Waals surface area contributed by atoms with Crippen LogP contribution in [0.3, 0.4) is 0 Å². The van der Waals surface area contributed by atoms with E-state index in [1.54, 1.807) is 12.1 Å². The Morgan fingerprint density at radius 3 is 2.75 bits per heavy atom. The molecule has 2 aromatic heterocycles. The molecule has 0 unspecified atom stereocenters. The molecule has 0 aliphatic rings. The van der Waals surface area contributed by atoms with Crippen LogP contribution < -0.4 is 5.73 Å². The van der Waals surface area contributed by atoms with Gasteiger partial charge in [-0.05, 0) is 12.1 Å². The summed E-state index contributed by atoms with van der Waals surface area (Å²) in [6.07, 6.45) is -1.86. The standard InChI is InChI=1S/C11H10F3N5O/c12-11(13,14)8-3-5-19(17-8)6-7-2-1-4-16-9(7)10(15)18-20/h1-5,20H,6H2,(H2,15,18). The van der Waals surface area contributed by atoms with Gasteiger partial charge in [0, 0.05) is 18.0 Å². The van der Waals surface area contributed by atoms with Crippen molar-refractivity contribution in [1.82, 2.24) is 14.8 Å². The molecule has 0 aliphatic heterocycles. The fourth-order valence-corrected chi connectivity index (χ4v) is 1.62. The van der Waals surface area contributed by atoms with Gasteiger partial charge in [0.25, 0.3) is 0 Å². The van der Waals surface area contributed by atoms with Crippen LogP contribution >= 0.6 is 0 Å². The lowest BCUT2D eigenvalue weighted by atomic mass is 10.2. The predicted molar refractivity (Wildman–Crippen MR) is 63.1 cm³/mol. The zero-order valence-corrected chi connectivity index (χ0v) is 10.0. The summed E-state index contributed by atoms with van der Waals surface area (Å²) in [7, 11) is 0. The highest BCUT2D eigenvalue weighted by molar-refractivity contribution is 5.96. The summed E-state index contributed by atoms with van der Waals surface area (Å²) in [5.74, 6) is -0.219. The van der Waals surface area contributed by atoms with Crippen LogP contribution in [0.4, 0.5) is 13.2 Å². The maximum absolute atomic E-state index is 12.4. The molecule has 0 atom stereocenters. The first-order valence-electron chi connectivity index (χ1n) is 5.44. The van der Waals surface area contributed by atoms with Crippen molar-refractivity contribution in [1.29, 1.82) is 0 Å². The lowest BCUT2D eigenvalue weighted by molar-refractivity contribution is -0.141. The Bertz CT molecular complexity index is 635. The molecule has 106 valence electrons. The second-order valence-electron chi connectivity index (χ2n) is 3.89. The molecule has 0 saturated heterocycles. The number of oxime groups is 1. The number of nitrogens with two attached hydrogens (primary N) is 1. The Kier molecular flexibility index (Phi) is 3.59. The molecule has 3 N–H and O–H groups in total. The maximum Gasteiger partial charge on any atom is 0.435 e. The average molecular weight is 285 g/mol. The quantitative estimate of drug-likeness (QED) is 0.386. The second kappa shape index (κ2) is 5.19. The summed E-state index contributed by atoms with van der Waals surface area (Å²) in [4.78, 5) is 3.92. The number of aromatic nitrogens is 3. The van der Waals surface area contributed by atoms with Crippen LogP contribution in [0.5, 0.6) is 0 Å². The number of hydrogen-bond donors (Lipinski definition) is 2. The Morgan fingerprint density at radius 2 is 2.15 bits per heavy atom. The molecule has 0 fully saturated rings. The first kappa shape index (κ1) is 13.8. The predicted octanol–water partition coefficient (Wildman–Crippen LogP) is 1.44. The van der Waals surface area contributed by atoms with Crippen LogP contribution in [0.2, 0.25) is 0 Å². The molecule has 9 heteroatoms. The highest BCUT2D eigenvalue weighted by atomic mass is 19.4. The number of rotatable bonds is 3. The summed E-state index contributed by atoms with van der Waals surface area (Å²) in [5, 5.41) is 14.9. The fraction of sp³-hybridized carbons (Fsp3) is 0.182. The number of alkyl halides is 3. The van der Waals surface area contributed by atoms with Gasteiger partial charge in [0.1, 0.15) is 5.69 Å². The summed E-state index contributed by atoms with van der Waals surface area (Å²) >= 11 is 0. The zero-order chi connectivity index (χ0) is 14.8. The van der Waals surface area contributed by atoms with Gasteiger partial charge in [0.15, 0.2) is 11.5 Å². The number of nitrogens with zero attached hydrogens (tertiary/aromatic N) is 4. The van der Waals surface area contributed by atoms with Crippen molar-refractivity contribution in [3.8, 4) is 0 Å². The summed E-state index contributed by atoms with van der Waals surface area (Å²) in [6.45, 7) is 0.0233.